The second-order valence-electron chi connectivity index (χ2n) is 13.3. The van der Waals surface area contributed by atoms with E-state index in [0.29, 0.717) is 18.6 Å². The summed E-state index contributed by atoms with van der Waals surface area (Å²) in [6, 6.07) is 0. The Morgan fingerprint density at radius 2 is 0.935 bits per heavy atom. The highest BCUT2D eigenvalue weighted by molar-refractivity contribution is 5.78. The van der Waals surface area contributed by atoms with Gasteiger partial charge in [0.1, 0.15) is 5.78 Å². The van der Waals surface area contributed by atoms with Crippen LogP contribution in [0.15, 0.2) is 48.6 Å². The first kappa shape index (κ1) is 44.5. The summed E-state index contributed by atoms with van der Waals surface area (Å²) in [5, 5.41) is 0. The lowest BCUT2D eigenvalue weighted by Gasteiger charge is -2.25. The maximum Gasteiger partial charge on any atom is 0.135 e. The molecular weight excluding hydrogens is 562 g/mol. The number of Topliss-reactive ketones (excluding diaryl/α,β-unsaturated/α-hetero) is 1. The minimum Gasteiger partial charge on any atom is -0.376 e. The van der Waals surface area contributed by atoms with Crippen molar-refractivity contribution in [2.75, 3.05) is 26.2 Å². The third-order valence-corrected chi connectivity index (χ3v) is 8.92. The molecule has 0 radical (unpaired) electrons. The molecular formula is C43H79NO2. The van der Waals surface area contributed by atoms with Gasteiger partial charge < -0.3 is 9.64 Å². The van der Waals surface area contributed by atoms with Gasteiger partial charge in [0.2, 0.25) is 0 Å². The Kier molecular flexibility index (Phi) is 36.8. The number of hydrogen-bond acceptors (Lipinski definition) is 3. The van der Waals surface area contributed by atoms with E-state index in [1.807, 2.05) is 0 Å². The number of rotatable bonds is 36. The summed E-state index contributed by atoms with van der Waals surface area (Å²) in [4.78, 5) is 15.2. The topological polar surface area (TPSA) is 29.5 Å². The molecule has 0 fully saturated rings. The summed E-state index contributed by atoms with van der Waals surface area (Å²) >= 11 is 0. The largest absolute Gasteiger partial charge is 0.376 e. The smallest absolute Gasteiger partial charge is 0.135 e. The van der Waals surface area contributed by atoms with Crippen LogP contribution in [0.4, 0.5) is 0 Å². The van der Waals surface area contributed by atoms with Crippen molar-refractivity contribution in [3.8, 4) is 0 Å². The highest BCUT2D eigenvalue weighted by Crippen LogP contribution is 2.13. The van der Waals surface area contributed by atoms with Crippen LogP contribution in [0.2, 0.25) is 0 Å². The maximum absolute atomic E-state index is 12.8. The minimum atomic E-state index is 0.0448. The fourth-order valence-electron chi connectivity index (χ4n) is 5.78. The first-order valence-corrected chi connectivity index (χ1v) is 20.1. The summed E-state index contributed by atoms with van der Waals surface area (Å²) in [5.41, 5.74) is 0. The van der Waals surface area contributed by atoms with Gasteiger partial charge in [-0.2, -0.15) is 0 Å². The molecule has 0 N–H and O–H groups in total. The Balaban J connectivity index is 3.92. The molecule has 0 aromatic carbocycles. The molecule has 0 spiro atoms. The van der Waals surface area contributed by atoms with Crippen molar-refractivity contribution in [1.82, 2.24) is 4.90 Å². The average Bonchev–Trinajstić information content (AvgIpc) is 3.06. The molecule has 0 saturated heterocycles. The van der Waals surface area contributed by atoms with Crippen LogP contribution < -0.4 is 0 Å². The summed E-state index contributed by atoms with van der Waals surface area (Å²) in [6.07, 6.45) is 48.5. The van der Waals surface area contributed by atoms with Gasteiger partial charge in [0.15, 0.2) is 0 Å². The van der Waals surface area contributed by atoms with Gasteiger partial charge in [-0.05, 0) is 90.1 Å². The predicted molar refractivity (Wildman–Crippen MR) is 206 cm³/mol. The molecule has 0 saturated carbocycles. The molecule has 0 aromatic rings. The molecule has 0 aliphatic rings. The molecule has 46 heavy (non-hydrogen) atoms. The fourth-order valence-corrected chi connectivity index (χ4v) is 5.78. The Hall–Kier alpha value is -1.45. The molecule has 1 unspecified atom stereocenters. The minimum absolute atomic E-state index is 0.0448. The van der Waals surface area contributed by atoms with E-state index in [1.54, 1.807) is 0 Å². The molecule has 0 aromatic heterocycles. The molecule has 0 aliphatic heterocycles. The molecule has 0 heterocycles. The predicted octanol–water partition coefficient (Wildman–Crippen LogP) is 13.3. The van der Waals surface area contributed by atoms with E-state index >= 15 is 0 Å². The van der Waals surface area contributed by atoms with Crippen LogP contribution in [0, 0.1) is 0 Å². The Labute approximate surface area is 288 Å². The molecule has 0 rings (SSSR count). The highest BCUT2D eigenvalue weighted by atomic mass is 16.5. The van der Waals surface area contributed by atoms with Crippen LogP contribution in [-0.2, 0) is 9.53 Å². The van der Waals surface area contributed by atoms with Crippen molar-refractivity contribution < 1.29 is 9.53 Å². The number of hydrogen-bond donors (Lipinski definition) is 0. The summed E-state index contributed by atoms with van der Waals surface area (Å²) in [5.74, 6) is 0.389. The number of carbonyl (C=O) groups excluding carboxylic acids is 1. The van der Waals surface area contributed by atoms with E-state index in [0.717, 1.165) is 51.9 Å². The van der Waals surface area contributed by atoms with Crippen molar-refractivity contribution in [1.29, 1.82) is 0 Å². The van der Waals surface area contributed by atoms with E-state index < -0.39 is 0 Å². The standard InChI is InChI=1S/C43H79NO2/c1-5-9-11-13-15-17-19-21-23-25-27-29-31-33-35-37-39-46-43(41-44(7-3)8-4)40-42(45)38-36-34-32-30-28-26-24-22-20-18-16-14-12-10-6-2/h15-18,21-24,43H,5-14,19-20,25-41H2,1-4H3/b17-15-,18-16-,23-21-,24-22-. The van der Waals surface area contributed by atoms with Crippen molar-refractivity contribution in [3.05, 3.63) is 48.6 Å². The first-order valence-electron chi connectivity index (χ1n) is 20.1. The zero-order chi connectivity index (χ0) is 33.6. The Morgan fingerprint density at radius 3 is 1.39 bits per heavy atom. The van der Waals surface area contributed by atoms with Crippen molar-refractivity contribution in [2.45, 2.75) is 194 Å². The summed E-state index contributed by atoms with van der Waals surface area (Å²) in [7, 11) is 0. The lowest BCUT2D eigenvalue weighted by molar-refractivity contribution is -0.122. The second-order valence-corrected chi connectivity index (χ2v) is 13.3. The van der Waals surface area contributed by atoms with Gasteiger partial charge in [0, 0.05) is 26.0 Å². The van der Waals surface area contributed by atoms with E-state index in [-0.39, 0.29) is 6.10 Å². The van der Waals surface area contributed by atoms with Crippen molar-refractivity contribution >= 4 is 5.78 Å². The van der Waals surface area contributed by atoms with Crippen LogP contribution in [0.5, 0.6) is 0 Å². The number of ether oxygens (including phenoxy) is 1. The molecule has 3 nitrogen and oxygen atoms in total. The normalized spacial score (nSPS) is 13.1. The number of likely N-dealkylation sites (N-methyl/N-ethyl adjacent to an activating group) is 1. The van der Waals surface area contributed by atoms with Crippen molar-refractivity contribution in [3.63, 3.8) is 0 Å². The first-order chi connectivity index (χ1) is 22.7. The molecule has 0 bridgehead atoms. The zero-order valence-electron chi connectivity index (χ0n) is 31.5. The number of ketones is 1. The molecule has 0 aliphatic carbocycles. The number of nitrogens with zero attached hydrogens (tertiary/aromatic N) is 1. The quantitative estimate of drug-likeness (QED) is 0.0503. The third-order valence-electron chi connectivity index (χ3n) is 8.92. The van der Waals surface area contributed by atoms with Gasteiger partial charge >= 0.3 is 0 Å². The van der Waals surface area contributed by atoms with Crippen LogP contribution in [-0.4, -0.2) is 43.0 Å². The van der Waals surface area contributed by atoms with Crippen molar-refractivity contribution in [2.24, 2.45) is 0 Å². The van der Waals surface area contributed by atoms with Gasteiger partial charge in [0.05, 0.1) is 6.10 Å². The lowest BCUT2D eigenvalue weighted by Crippen LogP contribution is -2.35. The lowest BCUT2D eigenvalue weighted by atomic mass is 10.0. The number of allylic oxidation sites excluding steroid dienone is 8. The number of unbranched alkanes of at least 4 members (excludes halogenated alkanes) is 17. The Bertz CT molecular complexity index is 733. The van der Waals surface area contributed by atoms with Gasteiger partial charge in [-0.3, -0.25) is 4.79 Å². The highest BCUT2D eigenvalue weighted by Gasteiger charge is 2.17. The second kappa shape index (κ2) is 38.0. The van der Waals surface area contributed by atoms with Crippen LogP contribution in [0.1, 0.15) is 188 Å². The fraction of sp³-hybridized carbons (Fsp3) is 0.791. The third kappa shape index (κ3) is 33.9. The van der Waals surface area contributed by atoms with E-state index in [4.69, 9.17) is 4.74 Å². The van der Waals surface area contributed by atoms with Gasteiger partial charge in [-0.1, -0.05) is 147 Å². The Morgan fingerprint density at radius 1 is 0.522 bits per heavy atom. The van der Waals surface area contributed by atoms with E-state index in [2.05, 4.69) is 81.2 Å². The van der Waals surface area contributed by atoms with E-state index in [1.165, 1.54) is 122 Å². The number of carbonyl (C=O) groups is 1. The van der Waals surface area contributed by atoms with E-state index in [9.17, 15) is 4.79 Å². The average molecular weight is 642 g/mol. The molecule has 268 valence electrons. The van der Waals surface area contributed by atoms with Gasteiger partial charge in [-0.15, -0.1) is 0 Å². The van der Waals surface area contributed by atoms with Gasteiger partial charge in [0.25, 0.3) is 0 Å². The molecule has 3 heteroatoms. The van der Waals surface area contributed by atoms with Crippen LogP contribution in [0.3, 0.4) is 0 Å². The maximum atomic E-state index is 12.8. The summed E-state index contributed by atoms with van der Waals surface area (Å²) < 4.78 is 6.31. The monoisotopic (exact) mass is 642 g/mol. The molecule has 0 amide bonds. The molecule has 1 atom stereocenters. The SMILES string of the molecule is CCCCC/C=C\C/C=C\CCCCCCCCOC(CC(=O)CCCCCCC/C=C\C/C=C\CCCCC)CN(CC)CC. The summed E-state index contributed by atoms with van der Waals surface area (Å²) in [6.45, 7) is 12.6. The van der Waals surface area contributed by atoms with Gasteiger partial charge in [-0.25, -0.2) is 0 Å². The van der Waals surface area contributed by atoms with Crippen LogP contribution in [0.25, 0.3) is 0 Å². The zero-order valence-corrected chi connectivity index (χ0v) is 31.5. The van der Waals surface area contributed by atoms with Crippen LogP contribution >= 0.6 is 0 Å².